The molecule has 1 heterocycles. The Morgan fingerprint density at radius 3 is 2.50 bits per heavy atom. The third kappa shape index (κ3) is 3.43. The van der Waals surface area contributed by atoms with Crippen molar-refractivity contribution in [3.8, 4) is 0 Å². The van der Waals surface area contributed by atoms with Crippen LogP contribution in [0, 0.1) is 0 Å². The first-order valence-electron chi connectivity index (χ1n) is 3.69. The molecular weight excluding hydrogens is 456 g/mol. The molecule has 0 aliphatic heterocycles. The number of aromatic nitrogens is 2. The van der Waals surface area contributed by atoms with Gasteiger partial charge in [-0.2, -0.15) is 0 Å². The Bertz CT molecular complexity index is 454. The fourth-order valence-electron chi connectivity index (χ4n) is 0.680. The van der Waals surface area contributed by atoms with Crippen LogP contribution in [0.5, 0.6) is 0 Å². The zero-order chi connectivity index (χ0) is 12.4. The van der Waals surface area contributed by atoms with Crippen molar-refractivity contribution in [1.29, 1.82) is 0 Å². The van der Waals surface area contributed by atoms with E-state index in [1.165, 1.54) is 0 Å². The van der Waals surface area contributed by atoms with Crippen LogP contribution in [0.25, 0.3) is 0 Å². The van der Waals surface area contributed by atoms with Crippen molar-refractivity contribution in [3.05, 3.63) is 5.01 Å². The Labute approximate surface area is 121 Å². The van der Waals surface area contributed by atoms with Crippen molar-refractivity contribution in [2.45, 2.75) is 12.2 Å². The highest BCUT2D eigenvalue weighted by atomic mass is 80.0. The maximum Gasteiger partial charge on any atom is 0.243 e. The van der Waals surface area contributed by atoms with E-state index in [1.54, 1.807) is 0 Å². The van der Waals surface area contributed by atoms with Crippen LogP contribution in [-0.4, -0.2) is 32.0 Å². The molecule has 0 atom stereocenters. The van der Waals surface area contributed by atoms with Crippen molar-refractivity contribution in [3.63, 3.8) is 0 Å². The summed E-state index contributed by atoms with van der Waals surface area (Å²) >= 11 is 9.67. The fourth-order valence-corrected chi connectivity index (χ4v) is 5.02. The molecule has 0 bridgehead atoms. The lowest BCUT2D eigenvalue weighted by molar-refractivity contribution is -0.241. The molecule has 92 valence electrons. The number of halogens is 3. The first kappa shape index (κ1) is 14.9. The third-order valence-corrected chi connectivity index (χ3v) is 8.06. The van der Waals surface area contributed by atoms with E-state index in [-0.39, 0.29) is 10.9 Å². The van der Waals surface area contributed by atoms with Gasteiger partial charge in [0.2, 0.25) is 15.7 Å². The second kappa shape index (κ2) is 5.67. The summed E-state index contributed by atoms with van der Waals surface area (Å²) in [4.78, 5) is 3.87. The minimum Gasteiger partial charge on any atom is -0.252 e. The van der Waals surface area contributed by atoms with Crippen LogP contribution >= 0.6 is 59.1 Å². The minimum atomic E-state index is -3.69. The quantitative estimate of drug-likeness (QED) is 0.420. The Hall–Kier alpha value is 0.870. The average Bonchev–Trinajstić information content (AvgIpc) is 2.61. The molecule has 0 saturated heterocycles. The van der Waals surface area contributed by atoms with Crippen molar-refractivity contribution < 1.29 is 18.6 Å². The highest BCUT2D eigenvalue weighted by Crippen LogP contribution is 2.43. The maximum atomic E-state index is 11.8. The van der Waals surface area contributed by atoms with Crippen LogP contribution in [0.4, 0.5) is 0 Å². The molecule has 0 amide bonds. The monoisotopic (exact) mass is 458 g/mol. The van der Waals surface area contributed by atoms with E-state index in [9.17, 15) is 8.42 Å². The molecule has 0 spiro atoms. The van der Waals surface area contributed by atoms with Crippen LogP contribution in [0.15, 0.2) is 4.34 Å². The number of alkyl halides is 3. The van der Waals surface area contributed by atoms with Crippen LogP contribution in [0.1, 0.15) is 5.01 Å². The van der Waals surface area contributed by atoms with Crippen LogP contribution in [-0.2, 0) is 21.1 Å². The van der Waals surface area contributed by atoms with Crippen LogP contribution in [0.2, 0.25) is 0 Å². The van der Waals surface area contributed by atoms with Crippen LogP contribution in [0.3, 0.4) is 0 Å². The van der Waals surface area contributed by atoms with Gasteiger partial charge in [-0.1, -0.05) is 11.3 Å². The summed E-state index contributed by atoms with van der Waals surface area (Å²) in [5.41, 5.74) is 0. The summed E-state index contributed by atoms with van der Waals surface area (Å²) in [5, 5.41) is 15.8. The Balaban J connectivity index is 2.94. The van der Waals surface area contributed by atoms with Gasteiger partial charge in [0, 0.05) is 6.42 Å². The lowest BCUT2D eigenvalue weighted by atomic mass is 10.5. The van der Waals surface area contributed by atoms with E-state index in [0.29, 0.717) is 11.4 Å². The van der Waals surface area contributed by atoms with E-state index >= 15 is 0 Å². The molecule has 0 aromatic carbocycles. The molecule has 0 aliphatic carbocycles. The topological polar surface area (TPSA) is 89.4 Å². The molecule has 6 nitrogen and oxygen atoms in total. The van der Waals surface area contributed by atoms with E-state index in [4.69, 9.17) is 5.26 Å². The second-order valence-electron chi connectivity index (χ2n) is 2.49. The summed E-state index contributed by atoms with van der Waals surface area (Å²) in [6.07, 6.45) is 0.295. The molecule has 1 aromatic heterocycles. The summed E-state index contributed by atoms with van der Waals surface area (Å²) in [6.45, 7) is 0.0385. The molecule has 0 unspecified atom stereocenters. The molecule has 0 fully saturated rings. The Morgan fingerprint density at radius 1 is 1.38 bits per heavy atom. The summed E-state index contributed by atoms with van der Waals surface area (Å²) < 4.78 is 22.1. The molecule has 11 heteroatoms. The highest BCUT2D eigenvalue weighted by molar-refractivity contribution is 9.42. The van der Waals surface area contributed by atoms with Gasteiger partial charge in [0.15, 0.2) is 0 Å². The number of nitrogens with zero attached hydrogens (tertiary/aromatic N) is 2. The molecule has 1 N–H and O–H groups in total. The van der Waals surface area contributed by atoms with Gasteiger partial charge >= 0.3 is 0 Å². The molecule has 1 rings (SSSR count). The SMILES string of the molecule is O=S(=O)(c1nnc(CCOO)s1)C(Br)(Br)Br. The number of hydrogen-bond acceptors (Lipinski definition) is 7. The number of sulfone groups is 1. The highest BCUT2D eigenvalue weighted by Gasteiger charge is 2.40. The normalized spacial score (nSPS) is 13.0. The zero-order valence-corrected chi connectivity index (χ0v) is 13.8. The van der Waals surface area contributed by atoms with Gasteiger partial charge in [0.1, 0.15) is 5.01 Å². The first-order valence-corrected chi connectivity index (χ1v) is 8.37. The Morgan fingerprint density at radius 2 is 2.00 bits per heavy atom. The number of rotatable bonds is 4. The lowest BCUT2D eigenvalue weighted by Crippen LogP contribution is -2.17. The van der Waals surface area contributed by atoms with E-state index in [1.807, 2.05) is 0 Å². The lowest BCUT2D eigenvalue weighted by Gasteiger charge is -2.09. The number of hydrogen-bond donors (Lipinski definition) is 1. The van der Waals surface area contributed by atoms with Gasteiger partial charge in [0.25, 0.3) is 0 Å². The third-order valence-electron chi connectivity index (χ3n) is 1.39. The molecular formula is C5H5Br3N2O4S2. The standard InChI is InChI=1S/C5H5Br3N2O4S2/c6-5(7,8)16(12,13)4-10-9-3(15-4)1-2-14-11/h11H,1-2H2. The minimum absolute atomic E-state index is 0.0385. The van der Waals surface area contributed by atoms with Crippen molar-refractivity contribution >= 4 is 69.0 Å². The van der Waals surface area contributed by atoms with Gasteiger partial charge in [0.05, 0.1) is 6.61 Å². The maximum absolute atomic E-state index is 11.8. The van der Waals surface area contributed by atoms with Crippen molar-refractivity contribution in [2.75, 3.05) is 6.61 Å². The van der Waals surface area contributed by atoms with Gasteiger partial charge in [-0.3, -0.25) is 5.26 Å². The molecule has 1 aromatic rings. The molecule has 0 radical (unpaired) electrons. The van der Waals surface area contributed by atoms with E-state index in [0.717, 1.165) is 11.3 Å². The fraction of sp³-hybridized carbons (Fsp3) is 0.600. The van der Waals surface area contributed by atoms with Crippen molar-refractivity contribution in [1.82, 2.24) is 10.2 Å². The Kier molecular flexibility index (Phi) is 5.29. The van der Waals surface area contributed by atoms with Crippen LogP contribution < -0.4 is 0 Å². The van der Waals surface area contributed by atoms with Gasteiger partial charge in [-0.05, 0) is 47.8 Å². The summed E-state index contributed by atoms with van der Waals surface area (Å²) in [7, 11) is -3.69. The van der Waals surface area contributed by atoms with Gasteiger partial charge < -0.3 is 0 Å². The van der Waals surface area contributed by atoms with Crippen molar-refractivity contribution in [2.24, 2.45) is 0 Å². The van der Waals surface area contributed by atoms with E-state index < -0.39 is 11.3 Å². The first-order chi connectivity index (χ1) is 7.29. The van der Waals surface area contributed by atoms with Gasteiger partial charge in [-0.25, -0.2) is 13.3 Å². The van der Waals surface area contributed by atoms with E-state index in [2.05, 4.69) is 62.9 Å². The summed E-state index contributed by atoms with van der Waals surface area (Å²) in [6, 6.07) is 0. The predicted octanol–water partition coefficient (Wildman–Crippen LogP) is 2.14. The molecule has 0 aliphatic rings. The van der Waals surface area contributed by atoms with Gasteiger partial charge in [-0.15, -0.1) is 10.2 Å². The largest absolute Gasteiger partial charge is 0.252 e. The zero-order valence-electron chi connectivity index (χ0n) is 7.43. The molecule has 16 heavy (non-hydrogen) atoms. The molecule has 0 saturated carbocycles. The predicted molar refractivity (Wildman–Crippen MR) is 68.9 cm³/mol. The second-order valence-corrected chi connectivity index (χ2v) is 14.2. The average molecular weight is 461 g/mol. The smallest absolute Gasteiger partial charge is 0.243 e. The summed E-state index contributed by atoms with van der Waals surface area (Å²) in [5.74, 6) is 0.